The highest BCUT2D eigenvalue weighted by molar-refractivity contribution is 7.07. The zero-order chi connectivity index (χ0) is 18.8. The van der Waals surface area contributed by atoms with Crippen molar-refractivity contribution in [3.05, 3.63) is 92.8 Å². The standard InChI is InChI=1S/C21H14ClFN2OS/c22-17-6-5-15(8-18(17)23)19-9-16(10-24-19)14-3-1-13(2-4-14)7-21(26)20-11-27-12-25-20/h1-6,8,10-12H,7,9H2. The van der Waals surface area contributed by atoms with Crippen molar-refractivity contribution in [2.45, 2.75) is 12.8 Å². The van der Waals surface area contributed by atoms with Gasteiger partial charge >= 0.3 is 0 Å². The predicted molar refractivity (Wildman–Crippen MR) is 107 cm³/mol. The minimum absolute atomic E-state index is 0.0134. The van der Waals surface area contributed by atoms with E-state index in [1.54, 1.807) is 29.2 Å². The van der Waals surface area contributed by atoms with Crippen molar-refractivity contribution < 1.29 is 9.18 Å². The first-order valence-electron chi connectivity index (χ1n) is 8.32. The third-order valence-electron chi connectivity index (χ3n) is 4.39. The molecule has 6 heteroatoms. The van der Waals surface area contributed by atoms with Crippen molar-refractivity contribution in [3.63, 3.8) is 0 Å². The molecule has 0 fully saturated rings. The summed E-state index contributed by atoms with van der Waals surface area (Å²) in [4.78, 5) is 20.6. The fraction of sp³-hybridized carbons (Fsp3) is 0.0952. The molecule has 0 radical (unpaired) electrons. The van der Waals surface area contributed by atoms with Crippen molar-refractivity contribution in [1.29, 1.82) is 0 Å². The van der Waals surface area contributed by atoms with E-state index >= 15 is 0 Å². The van der Waals surface area contributed by atoms with Crippen LogP contribution < -0.4 is 0 Å². The Morgan fingerprint density at radius 3 is 2.63 bits per heavy atom. The average Bonchev–Trinajstić information content (AvgIpc) is 3.36. The molecule has 0 bridgehead atoms. The number of hydrogen-bond donors (Lipinski definition) is 0. The highest BCUT2D eigenvalue weighted by atomic mass is 35.5. The summed E-state index contributed by atoms with van der Waals surface area (Å²) in [5.74, 6) is -0.432. The van der Waals surface area contributed by atoms with Crippen LogP contribution in [0.25, 0.3) is 5.57 Å². The lowest BCUT2D eigenvalue weighted by Crippen LogP contribution is -2.03. The number of hydrogen-bond acceptors (Lipinski definition) is 4. The van der Waals surface area contributed by atoms with E-state index < -0.39 is 5.82 Å². The number of Topliss-reactive ketones (excluding diaryl/α,β-unsaturated/α-hetero) is 1. The van der Waals surface area contributed by atoms with Gasteiger partial charge in [-0.3, -0.25) is 9.79 Å². The van der Waals surface area contributed by atoms with Gasteiger partial charge in [0.15, 0.2) is 5.78 Å². The first-order valence-corrected chi connectivity index (χ1v) is 9.64. The van der Waals surface area contributed by atoms with Gasteiger partial charge in [-0.15, -0.1) is 11.3 Å². The van der Waals surface area contributed by atoms with Crippen LogP contribution in [0.15, 0.2) is 64.5 Å². The van der Waals surface area contributed by atoms with E-state index in [0.29, 0.717) is 18.5 Å². The van der Waals surface area contributed by atoms with Gasteiger partial charge in [0, 0.05) is 24.4 Å². The molecule has 0 aliphatic carbocycles. The Balaban J connectivity index is 1.43. The van der Waals surface area contributed by atoms with Crippen LogP contribution in [0, 0.1) is 5.82 Å². The summed E-state index contributed by atoms with van der Waals surface area (Å²) in [7, 11) is 0. The predicted octanol–water partition coefficient (Wildman–Crippen LogP) is 5.59. The fourth-order valence-electron chi connectivity index (χ4n) is 2.92. The number of carbonyl (C=O) groups excluding carboxylic acids is 1. The Hall–Kier alpha value is -2.63. The number of benzene rings is 2. The van der Waals surface area contributed by atoms with E-state index in [1.807, 2.05) is 24.3 Å². The average molecular weight is 397 g/mol. The van der Waals surface area contributed by atoms with Gasteiger partial charge in [0.05, 0.1) is 16.2 Å². The maximum Gasteiger partial charge on any atom is 0.186 e. The van der Waals surface area contributed by atoms with Crippen molar-refractivity contribution in [3.8, 4) is 0 Å². The Morgan fingerprint density at radius 1 is 1.15 bits per heavy atom. The quantitative estimate of drug-likeness (QED) is 0.527. The third-order valence-corrected chi connectivity index (χ3v) is 5.29. The number of ketones is 1. The second-order valence-corrected chi connectivity index (χ2v) is 7.33. The number of allylic oxidation sites excluding steroid dienone is 1. The molecule has 1 aromatic heterocycles. The van der Waals surface area contributed by atoms with Crippen LogP contribution in [-0.4, -0.2) is 16.5 Å². The zero-order valence-corrected chi connectivity index (χ0v) is 15.7. The monoisotopic (exact) mass is 396 g/mol. The number of thiazole rings is 1. The molecule has 1 aliphatic rings. The van der Waals surface area contributed by atoms with E-state index in [2.05, 4.69) is 9.98 Å². The molecule has 0 saturated carbocycles. The summed E-state index contributed by atoms with van der Waals surface area (Å²) in [5, 5.41) is 1.87. The fourth-order valence-corrected chi connectivity index (χ4v) is 3.59. The van der Waals surface area contributed by atoms with Gasteiger partial charge in [0.2, 0.25) is 0 Å². The SMILES string of the molecule is O=C(Cc1ccc(C2=CN=C(c3ccc(Cl)c(F)c3)C2)cc1)c1cscn1. The van der Waals surface area contributed by atoms with Crippen LogP contribution in [0.3, 0.4) is 0 Å². The van der Waals surface area contributed by atoms with Gasteiger partial charge in [-0.1, -0.05) is 41.9 Å². The summed E-state index contributed by atoms with van der Waals surface area (Å²) in [5.41, 5.74) is 6.74. The molecule has 0 N–H and O–H groups in total. The zero-order valence-electron chi connectivity index (χ0n) is 14.2. The minimum atomic E-state index is -0.445. The largest absolute Gasteiger partial charge is 0.292 e. The van der Waals surface area contributed by atoms with Crippen LogP contribution in [0.4, 0.5) is 4.39 Å². The molecule has 0 amide bonds. The van der Waals surface area contributed by atoms with E-state index in [-0.39, 0.29) is 10.8 Å². The molecule has 2 heterocycles. The Bertz CT molecular complexity index is 1060. The normalized spacial score (nSPS) is 13.4. The smallest absolute Gasteiger partial charge is 0.186 e. The van der Waals surface area contributed by atoms with Gasteiger partial charge in [-0.05, 0) is 34.4 Å². The lowest BCUT2D eigenvalue weighted by Gasteiger charge is -2.06. The number of nitrogens with zero attached hydrogens (tertiary/aromatic N) is 2. The molecule has 0 saturated heterocycles. The lowest BCUT2D eigenvalue weighted by atomic mass is 9.97. The third kappa shape index (κ3) is 3.89. The maximum atomic E-state index is 13.7. The second-order valence-electron chi connectivity index (χ2n) is 6.21. The number of rotatable bonds is 5. The van der Waals surface area contributed by atoms with Gasteiger partial charge in [-0.2, -0.15) is 0 Å². The summed E-state index contributed by atoms with van der Waals surface area (Å²) < 4.78 is 13.7. The van der Waals surface area contributed by atoms with E-state index in [4.69, 9.17) is 11.6 Å². The van der Waals surface area contributed by atoms with Gasteiger partial charge in [0.1, 0.15) is 11.5 Å². The first-order chi connectivity index (χ1) is 13.1. The highest BCUT2D eigenvalue weighted by Gasteiger charge is 2.16. The summed E-state index contributed by atoms with van der Waals surface area (Å²) >= 11 is 7.15. The molecule has 0 atom stereocenters. The van der Waals surface area contributed by atoms with Gasteiger partial charge in [0.25, 0.3) is 0 Å². The van der Waals surface area contributed by atoms with Crippen molar-refractivity contribution in [2.75, 3.05) is 0 Å². The van der Waals surface area contributed by atoms with Gasteiger partial charge in [-0.25, -0.2) is 9.37 Å². The van der Waals surface area contributed by atoms with Crippen LogP contribution >= 0.6 is 22.9 Å². The topological polar surface area (TPSA) is 42.3 Å². The Labute approximate surface area is 164 Å². The number of aromatic nitrogens is 1. The summed E-state index contributed by atoms with van der Waals surface area (Å²) in [6.07, 6.45) is 2.75. The van der Waals surface area contributed by atoms with E-state index in [0.717, 1.165) is 28.0 Å². The molecule has 0 spiro atoms. The highest BCUT2D eigenvalue weighted by Crippen LogP contribution is 2.28. The summed E-state index contributed by atoms with van der Waals surface area (Å²) in [6.45, 7) is 0. The second kappa shape index (κ2) is 7.55. The Morgan fingerprint density at radius 2 is 1.93 bits per heavy atom. The molecule has 2 aromatic carbocycles. The molecule has 1 aliphatic heterocycles. The van der Waals surface area contributed by atoms with E-state index in [9.17, 15) is 9.18 Å². The Kier molecular flexibility index (Phi) is 4.97. The van der Waals surface area contributed by atoms with Crippen molar-refractivity contribution in [2.24, 2.45) is 4.99 Å². The maximum absolute atomic E-state index is 13.7. The molecular weight excluding hydrogens is 383 g/mol. The molecule has 0 unspecified atom stereocenters. The van der Waals surface area contributed by atoms with E-state index in [1.165, 1.54) is 17.4 Å². The van der Waals surface area contributed by atoms with Crippen LogP contribution in [0.1, 0.15) is 33.6 Å². The molecule has 4 rings (SSSR count). The molecule has 3 nitrogen and oxygen atoms in total. The van der Waals surface area contributed by atoms with Crippen molar-refractivity contribution >= 4 is 40.0 Å². The number of carbonyl (C=O) groups is 1. The molecule has 134 valence electrons. The van der Waals surface area contributed by atoms with Crippen LogP contribution in [-0.2, 0) is 6.42 Å². The molecule has 27 heavy (non-hydrogen) atoms. The number of aliphatic imine (C=N–C) groups is 1. The molecular formula is C21H14ClFN2OS. The lowest BCUT2D eigenvalue weighted by molar-refractivity contribution is 0.0989. The van der Waals surface area contributed by atoms with Crippen molar-refractivity contribution in [1.82, 2.24) is 4.98 Å². The first kappa shape index (κ1) is 17.8. The van der Waals surface area contributed by atoms with Crippen LogP contribution in [0.5, 0.6) is 0 Å². The number of halogens is 2. The minimum Gasteiger partial charge on any atom is -0.292 e. The molecule has 3 aromatic rings. The summed E-state index contributed by atoms with van der Waals surface area (Å²) in [6, 6.07) is 12.6. The van der Waals surface area contributed by atoms with Crippen LogP contribution in [0.2, 0.25) is 5.02 Å². The van der Waals surface area contributed by atoms with Gasteiger partial charge < -0.3 is 0 Å².